The van der Waals surface area contributed by atoms with Crippen LogP contribution in [0.3, 0.4) is 0 Å². The van der Waals surface area contributed by atoms with Gasteiger partial charge in [-0.1, -0.05) is 31.0 Å². The van der Waals surface area contributed by atoms with Crippen LogP contribution in [-0.4, -0.2) is 27.9 Å². The summed E-state index contributed by atoms with van der Waals surface area (Å²) in [6.45, 7) is 2.14. The monoisotopic (exact) mass is 379 g/mol. The molecule has 2 N–H and O–H groups in total. The molecule has 0 radical (unpaired) electrons. The fourth-order valence-electron chi connectivity index (χ4n) is 3.54. The van der Waals surface area contributed by atoms with E-state index in [2.05, 4.69) is 43.9 Å². The first-order chi connectivity index (χ1) is 13.2. The van der Waals surface area contributed by atoms with Gasteiger partial charge < -0.3 is 15.2 Å². The average molecular weight is 380 g/mol. The quantitative estimate of drug-likeness (QED) is 0.672. The van der Waals surface area contributed by atoms with Gasteiger partial charge in [0.1, 0.15) is 0 Å². The first-order valence-corrected chi connectivity index (χ1v) is 10.3. The van der Waals surface area contributed by atoms with Gasteiger partial charge in [0.25, 0.3) is 0 Å². The van der Waals surface area contributed by atoms with Crippen LogP contribution < -0.4 is 10.6 Å². The molecule has 6 heteroatoms. The first-order valence-electron chi connectivity index (χ1n) is 9.49. The summed E-state index contributed by atoms with van der Waals surface area (Å²) in [5, 5.41) is 9.84. The zero-order valence-corrected chi connectivity index (χ0v) is 16.5. The zero-order chi connectivity index (χ0) is 18.6. The molecule has 1 aliphatic heterocycles. The summed E-state index contributed by atoms with van der Waals surface area (Å²) >= 11 is 1.63. The van der Waals surface area contributed by atoms with E-state index in [0.29, 0.717) is 0 Å². The highest BCUT2D eigenvalue weighted by Gasteiger charge is 2.19. The van der Waals surface area contributed by atoms with Crippen molar-refractivity contribution in [3.8, 4) is 11.4 Å². The molecule has 2 heterocycles. The maximum absolute atomic E-state index is 6.12. The molecule has 4 rings (SSSR count). The number of nitrogens with two attached hydrogens (primary N) is 1. The second-order valence-electron chi connectivity index (χ2n) is 6.96. The van der Waals surface area contributed by atoms with Crippen LogP contribution in [0.15, 0.2) is 58.6 Å². The van der Waals surface area contributed by atoms with Gasteiger partial charge in [-0.3, -0.25) is 0 Å². The van der Waals surface area contributed by atoms with E-state index < -0.39 is 0 Å². The molecular formula is C21H25N5S. The van der Waals surface area contributed by atoms with Crippen molar-refractivity contribution in [1.82, 2.24) is 14.8 Å². The second-order valence-corrected chi connectivity index (χ2v) is 8.00. The maximum Gasteiger partial charge on any atom is 0.196 e. The largest absolute Gasteiger partial charge is 0.399 e. The summed E-state index contributed by atoms with van der Waals surface area (Å²) in [5.74, 6) is 0.882. The Morgan fingerprint density at radius 3 is 2.41 bits per heavy atom. The lowest BCUT2D eigenvalue weighted by Gasteiger charge is -2.25. The predicted octanol–water partition coefficient (Wildman–Crippen LogP) is 4.60. The topological polar surface area (TPSA) is 60.0 Å². The molecule has 1 aromatic heterocycles. The molecule has 3 aromatic rings. The number of nitrogen functional groups attached to an aromatic ring is 1. The van der Waals surface area contributed by atoms with Crippen LogP contribution in [0.1, 0.15) is 25.7 Å². The molecule has 1 fully saturated rings. The molecule has 0 aliphatic carbocycles. The Labute approximate surface area is 164 Å². The van der Waals surface area contributed by atoms with Crippen LogP contribution in [-0.2, 0) is 7.05 Å². The van der Waals surface area contributed by atoms with Crippen molar-refractivity contribution < 1.29 is 0 Å². The van der Waals surface area contributed by atoms with E-state index in [-0.39, 0.29) is 0 Å². The third kappa shape index (κ3) is 3.95. The maximum atomic E-state index is 6.12. The Morgan fingerprint density at radius 1 is 0.926 bits per heavy atom. The molecule has 27 heavy (non-hydrogen) atoms. The van der Waals surface area contributed by atoms with Crippen molar-refractivity contribution in [2.24, 2.45) is 7.05 Å². The number of rotatable bonds is 4. The second kappa shape index (κ2) is 8.05. The molecule has 1 saturated heterocycles. The Bertz CT molecular complexity index is 898. The van der Waals surface area contributed by atoms with Crippen molar-refractivity contribution in [3.63, 3.8) is 0 Å². The standard InChI is InChI=1S/C21H25N5S/c1-25-20(23-24-21(25)27-17-9-5-4-6-10-17)18-12-11-16(22)15-19(18)26-13-7-2-3-8-14-26/h4-6,9-12,15H,2-3,7-8,13-14,22H2,1H3. The molecule has 140 valence electrons. The third-order valence-corrected chi connectivity index (χ3v) is 6.04. The van der Waals surface area contributed by atoms with E-state index in [0.717, 1.165) is 40.2 Å². The summed E-state index contributed by atoms with van der Waals surface area (Å²) in [5.41, 5.74) is 9.18. The summed E-state index contributed by atoms with van der Waals surface area (Å²) in [6.07, 6.45) is 5.05. The molecule has 0 amide bonds. The Kier molecular flexibility index (Phi) is 5.34. The van der Waals surface area contributed by atoms with Crippen LogP contribution in [0.2, 0.25) is 0 Å². The molecular weight excluding hydrogens is 354 g/mol. The van der Waals surface area contributed by atoms with Crippen LogP contribution in [0.5, 0.6) is 0 Å². The minimum Gasteiger partial charge on any atom is -0.399 e. The van der Waals surface area contributed by atoms with Gasteiger partial charge in [0, 0.05) is 42.0 Å². The summed E-state index contributed by atoms with van der Waals surface area (Å²) < 4.78 is 2.07. The highest BCUT2D eigenvalue weighted by molar-refractivity contribution is 7.99. The number of benzene rings is 2. The molecule has 5 nitrogen and oxygen atoms in total. The fraction of sp³-hybridized carbons (Fsp3) is 0.333. The average Bonchev–Trinajstić information content (AvgIpc) is 2.89. The molecule has 0 unspecified atom stereocenters. The molecule has 0 saturated carbocycles. The van der Waals surface area contributed by atoms with Crippen molar-refractivity contribution in [3.05, 3.63) is 48.5 Å². The lowest BCUT2D eigenvalue weighted by Crippen LogP contribution is -2.24. The third-order valence-electron chi connectivity index (χ3n) is 5.00. The van der Waals surface area contributed by atoms with Crippen molar-refractivity contribution in [2.45, 2.75) is 35.7 Å². The summed E-state index contributed by atoms with van der Waals surface area (Å²) in [7, 11) is 2.03. The van der Waals surface area contributed by atoms with E-state index in [9.17, 15) is 0 Å². The minimum absolute atomic E-state index is 0.791. The number of anilines is 2. The number of hydrogen-bond donors (Lipinski definition) is 1. The molecule has 2 aromatic carbocycles. The van der Waals surface area contributed by atoms with Crippen molar-refractivity contribution >= 4 is 23.1 Å². The SMILES string of the molecule is Cn1c(Sc2ccccc2)nnc1-c1ccc(N)cc1N1CCCCCC1. The summed E-state index contributed by atoms with van der Waals surface area (Å²) in [4.78, 5) is 3.61. The van der Waals surface area contributed by atoms with Gasteiger partial charge in [-0.25, -0.2) is 0 Å². The van der Waals surface area contributed by atoms with E-state index in [1.165, 1.54) is 31.4 Å². The van der Waals surface area contributed by atoms with Gasteiger partial charge in [-0.15, -0.1) is 10.2 Å². The van der Waals surface area contributed by atoms with Gasteiger partial charge in [0.05, 0.1) is 0 Å². The Balaban J connectivity index is 1.69. The van der Waals surface area contributed by atoms with Crippen molar-refractivity contribution in [1.29, 1.82) is 0 Å². The van der Waals surface area contributed by atoms with Gasteiger partial charge in [-0.05, 0) is 54.9 Å². The van der Waals surface area contributed by atoms with Gasteiger partial charge in [-0.2, -0.15) is 0 Å². The van der Waals surface area contributed by atoms with E-state index in [1.807, 2.05) is 31.3 Å². The van der Waals surface area contributed by atoms with Crippen LogP contribution in [0, 0.1) is 0 Å². The molecule has 0 spiro atoms. The van der Waals surface area contributed by atoms with Crippen LogP contribution in [0.25, 0.3) is 11.4 Å². The minimum atomic E-state index is 0.791. The van der Waals surface area contributed by atoms with E-state index in [1.54, 1.807) is 11.8 Å². The highest BCUT2D eigenvalue weighted by atomic mass is 32.2. The lowest BCUT2D eigenvalue weighted by atomic mass is 10.1. The lowest BCUT2D eigenvalue weighted by molar-refractivity contribution is 0.726. The van der Waals surface area contributed by atoms with Gasteiger partial charge in [0.15, 0.2) is 11.0 Å². The molecule has 0 bridgehead atoms. The predicted molar refractivity (Wildman–Crippen MR) is 112 cm³/mol. The van der Waals surface area contributed by atoms with Gasteiger partial charge >= 0.3 is 0 Å². The van der Waals surface area contributed by atoms with E-state index in [4.69, 9.17) is 5.73 Å². The van der Waals surface area contributed by atoms with Crippen LogP contribution >= 0.6 is 11.8 Å². The smallest absolute Gasteiger partial charge is 0.196 e. The molecule has 1 aliphatic rings. The fourth-order valence-corrected chi connectivity index (χ4v) is 4.35. The number of aromatic nitrogens is 3. The van der Waals surface area contributed by atoms with Crippen molar-refractivity contribution in [2.75, 3.05) is 23.7 Å². The number of hydrogen-bond acceptors (Lipinski definition) is 5. The van der Waals surface area contributed by atoms with Gasteiger partial charge in [0.2, 0.25) is 0 Å². The highest BCUT2D eigenvalue weighted by Crippen LogP contribution is 2.35. The Hall–Kier alpha value is -2.47. The molecule has 0 atom stereocenters. The number of nitrogens with zero attached hydrogens (tertiary/aromatic N) is 4. The summed E-state index contributed by atoms with van der Waals surface area (Å²) in [6, 6.07) is 16.4. The normalized spacial score (nSPS) is 14.9. The zero-order valence-electron chi connectivity index (χ0n) is 15.6. The first kappa shape index (κ1) is 17.9. The Morgan fingerprint density at radius 2 is 1.67 bits per heavy atom. The van der Waals surface area contributed by atoms with Crippen LogP contribution in [0.4, 0.5) is 11.4 Å². The van der Waals surface area contributed by atoms with E-state index >= 15 is 0 Å².